The summed E-state index contributed by atoms with van der Waals surface area (Å²) in [5.41, 5.74) is 0.963. The molecule has 0 amide bonds. The van der Waals surface area contributed by atoms with Crippen molar-refractivity contribution < 1.29 is 8.42 Å². The van der Waals surface area contributed by atoms with Gasteiger partial charge in [-0.3, -0.25) is 0 Å². The molecule has 0 atom stereocenters. The Morgan fingerprint density at radius 3 is 2.05 bits per heavy atom. The molecule has 0 saturated carbocycles. The number of aromatic nitrogens is 1. The molecule has 1 heterocycles. The van der Waals surface area contributed by atoms with Gasteiger partial charge in [0, 0.05) is 17.1 Å². The molecular formula is C17H31NO2S. The average Bonchev–Trinajstić information content (AvgIpc) is 3.01. The molecular weight excluding hydrogens is 282 g/mol. The monoisotopic (exact) mass is 313 g/mol. The number of benzene rings is 1. The standard InChI is InChI=1S/C11H13NO2S.3C2H6/c1-2-7-15(13,14)10-3-4-11-9(8-10)5-6-12-11;3*1-2/h3-6,8,12H,2,7H2,1H3;3*1-2H3. The van der Waals surface area contributed by atoms with E-state index in [4.69, 9.17) is 0 Å². The average molecular weight is 314 g/mol. The highest BCUT2D eigenvalue weighted by Crippen LogP contribution is 2.19. The van der Waals surface area contributed by atoms with Gasteiger partial charge in [-0.2, -0.15) is 0 Å². The molecule has 0 unspecified atom stereocenters. The van der Waals surface area contributed by atoms with E-state index >= 15 is 0 Å². The number of aromatic amines is 1. The first kappa shape index (κ1) is 22.0. The minimum atomic E-state index is -3.09. The van der Waals surface area contributed by atoms with Gasteiger partial charge in [0.2, 0.25) is 0 Å². The number of H-pyrrole nitrogens is 1. The topological polar surface area (TPSA) is 49.9 Å². The zero-order valence-electron chi connectivity index (χ0n) is 14.5. The molecule has 1 aromatic heterocycles. The summed E-state index contributed by atoms with van der Waals surface area (Å²) in [4.78, 5) is 3.45. The van der Waals surface area contributed by atoms with Gasteiger partial charge in [0.05, 0.1) is 10.6 Å². The van der Waals surface area contributed by atoms with Crippen LogP contribution >= 0.6 is 0 Å². The molecule has 2 aromatic rings. The quantitative estimate of drug-likeness (QED) is 0.821. The number of nitrogens with one attached hydrogen (secondary N) is 1. The van der Waals surface area contributed by atoms with Crippen LogP contribution in [0.25, 0.3) is 10.9 Å². The number of sulfone groups is 1. The predicted octanol–water partition coefficient (Wildman–Crippen LogP) is 5.43. The van der Waals surface area contributed by atoms with Crippen LogP contribution in [0.3, 0.4) is 0 Å². The molecule has 1 N–H and O–H groups in total. The zero-order valence-corrected chi connectivity index (χ0v) is 15.3. The van der Waals surface area contributed by atoms with E-state index in [-0.39, 0.29) is 5.75 Å². The molecule has 3 nitrogen and oxygen atoms in total. The minimum absolute atomic E-state index is 0.211. The van der Waals surface area contributed by atoms with Crippen molar-refractivity contribution >= 4 is 20.7 Å². The van der Waals surface area contributed by atoms with Crippen molar-refractivity contribution in [3.05, 3.63) is 30.5 Å². The molecule has 122 valence electrons. The van der Waals surface area contributed by atoms with Crippen molar-refractivity contribution in [3.63, 3.8) is 0 Å². The Hall–Kier alpha value is -1.29. The first-order valence-corrected chi connectivity index (χ1v) is 9.58. The molecule has 1 aromatic carbocycles. The Labute approximate surface area is 130 Å². The Morgan fingerprint density at radius 2 is 1.52 bits per heavy atom. The van der Waals surface area contributed by atoms with Gasteiger partial charge in [-0.1, -0.05) is 48.5 Å². The van der Waals surface area contributed by atoms with Gasteiger partial charge in [0.15, 0.2) is 9.84 Å². The molecule has 0 saturated heterocycles. The molecule has 0 spiro atoms. The highest BCUT2D eigenvalue weighted by atomic mass is 32.2. The Kier molecular flexibility index (Phi) is 13.0. The van der Waals surface area contributed by atoms with Crippen LogP contribution in [0, 0.1) is 0 Å². The van der Waals surface area contributed by atoms with E-state index in [1.165, 1.54) is 0 Å². The third-order valence-corrected chi connectivity index (χ3v) is 4.27. The van der Waals surface area contributed by atoms with Crippen LogP contribution in [0.2, 0.25) is 0 Å². The van der Waals surface area contributed by atoms with E-state index in [9.17, 15) is 8.42 Å². The Balaban J connectivity index is 0. The fourth-order valence-electron chi connectivity index (χ4n) is 1.61. The maximum absolute atomic E-state index is 11.8. The van der Waals surface area contributed by atoms with E-state index < -0.39 is 9.84 Å². The van der Waals surface area contributed by atoms with E-state index in [0.717, 1.165) is 10.9 Å². The maximum atomic E-state index is 11.8. The van der Waals surface area contributed by atoms with Crippen LogP contribution in [-0.2, 0) is 9.84 Å². The van der Waals surface area contributed by atoms with Crippen LogP contribution in [0.4, 0.5) is 0 Å². The second-order valence-electron chi connectivity index (χ2n) is 3.55. The van der Waals surface area contributed by atoms with E-state index in [0.29, 0.717) is 11.3 Å². The van der Waals surface area contributed by atoms with E-state index in [1.807, 2.05) is 54.5 Å². The van der Waals surface area contributed by atoms with Crippen LogP contribution in [0.5, 0.6) is 0 Å². The second kappa shape index (κ2) is 12.5. The first-order chi connectivity index (χ1) is 10.1. The molecule has 0 aliphatic rings. The molecule has 0 aliphatic heterocycles. The van der Waals surface area contributed by atoms with Gasteiger partial charge < -0.3 is 4.98 Å². The summed E-state index contributed by atoms with van der Waals surface area (Å²) < 4.78 is 23.6. The lowest BCUT2D eigenvalue weighted by Crippen LogP contribution is -2.05. The van der Waals surface area contributed by atoms with Crippen molar-refractivity contribution in [1.29, 1.82) is 0 Å². The molecule has 2 rings (SSSR count). The lowest BCUT2D eigenvalue weighted by molar-refractivity contribution is 0.595. The van der Waals surface area contributed by atoms with Crippen LogP contribution in [0.1, 0.15) is 54.9 Å². The van der Waals surface area contributed by atoms with Crippen molar-refractivity contribution in [1.82, 2.24) is 4.98 Å². The lowest BCUT2D eigenvalue weighted by atomic mass is 10.2. The zero-order chi connectivity index (χ0) is 16.9. The summed E-state index contributed by atoms with van der Waals surface area (Å²) in [6.45, 7) is 13.9. The van der Waals surface area contributed by atoms with Gasteiger partial charge >= 0.3 is 0 Å². The van der Waals surface area contributed by atoms with Gasteiger partial charge in [-0.15, -0.1) is 0 Å². The fourth-order valence-corrected chi connectivity index (χ4v) is 2.97. The Bertz CT molecular complexity index is 571. The molecule has 0 fully saturated rings. The third-order valence-electron chi connectivity index (χ3n) is 2.36. The predicted molar refractivity (Wildman–Crippen MR) is 94.7 cm³/mol. The molecule has 0 aliphatic carbocycles. The highest BCUT2D eigenvalue weighted by Gasteiger charge is 2.13. The van der Waals surface area contributed by atoms with Gasteiger partial charge in [0.25, 0.3) is 0 Å². The summed E-state index contributed by atoms with van der Waals surface area (Å²) in [6, 6.07) is 7.05. The SMILES string of the molecule is CC.CC.CC.CCCS(=O)(=O)c1ccc2[nH]ccc2c1. The van der Waals surface area contributed by atoms with Gasteiger partial charge in [0.1, 0.15) is 0 Å². The fraction of sp³-hybridized carbons (Fsp3) is 0.529. The van der Waals surface area contributed by atoms with Crippen LogP contribution < -0.4 is 0 Å². The summed E-state index contributed by atoms with van der Waals surface area (Å²) in [5, 5.41) is 0.937. The first-order valence-electron chi connectivity index (χ1n) is 7.93. The van der Waals surface area contributed by atoms with Crippen molar-refractivity contribution in [2.75, 3.05) is 5.75 Å². The lowest BCUT2D eigenvalue weighted by Gasteiger charge is -2.02. The minimum Gasteiger partial charge on any atom is -0.361 e. The number of fused-ring (bicyclic) bond motifs is 1. The molecule has 0 bridgehead atoms. The summed E-state index contributed by atoms with van der Waals surface area (Å²) in [6.07, 6.45) is 2.45. The highest BCUT2D eigenvalue weighted by molar-refractivity contribution is 7.91. The summed E-state index contributed by atoms with van der Waals surface area (Å²) >= 11 is 0. The number of rotatable bonds is 3. The molecule has 0 radical (unpaired) electrons. The third kappa shape index (κ3) is 6.80. The maximum Gasteiger partial charge on any atom is 0.178 e. The summed E-state index contributed by atoms with van der Waals surface area (Å²) in [5.74, 6) is 0.211. The van der Waals surface area contributed by atoms with Crippen molar-refractivity contribution in [2.45, 2.75) is 59.8 Å². The molecule has 21 heavy (non-hydrogen) atoms. The Morgan fingerprint density at radius 1 is 0.952 bits per heavy atom. The van der Waals surface area contributed by atoms with Crippen LogP contribution in [0.15, 0.2) is 35.4 Å². The van der Waals surface area contributed by atoms with E-state index in [2.05, 4.69) is 4.98 Å². The normalized spacial score (nSPS) is 9.48. The van der Waals surface area contributed by atoms with Crippen molar-refractivity contribution in [2.24, 2.45) is 0 Å². The van der Waals surface area contributed by atoms with Gasteiger partial charge in [-0.25, -0.2) is 8.42 Å². The largest absolute Gasteiger partial charge is 0.361 e. The second-order valence-corrected chi connectivity index (χ2v) is 5.65. The molecule has 4 heteroatoms. The van der Waals surface area contributed by atoms with Gasteiger partial charge in [-0.05, 0) is 30.7 Å². The number of hydrogen-bond donors (Lipinski definition) is 1. The number of hydrogen-bond acceptors (Lipinski definition) is 2. The summed E-state index contributed by atoms with van der Waals surface area (Å²) in [7, 11) is -3.09. The van der Waals surface area contributed by atoms with Crippen LogP contribution in [-0.4, -0.2) is 19.2 Å². The van der Waals surface area contributed by atoms with E-state index in [1.54, 1.807) is 24.4 Å². The smallest absolute Gasteiger partial charge is 0.178 e. The van der Waals surface area contributed by atoms with Crippen molar-refractivity contribution in [3.8, 4) is 0 Å².